The van der Waals surface area contributed by atoms with Crippen LogP contribution in [-0.2, 0) is 14.8 Å². The normalized spacial score (nSPS) is 12.5. The standard InChI is InChI=1S/C16H15N5O4S2/c1-10(15(22)23)11-5-7-12(8-6-11)18-27(24,25)14-4-2-3-13(9-14)21-16(26)17-19-20-21/h2-10,18H,1H3,(H,22,23)(H,17,20,26). The van der Waals surface area contributed by atoms with Crippen LogP contribution < -0.4 is 4.72 Å². The molecule has 1 heterocycles. The van der Waals surface area contributed by atoms with Gasteiger partial charge >= 0.3 is 5.97 Å². The predicted molar refractivity (Wildman–Crippen MR) is 99.8 cm³/mol. The molecule has 1 unspecified atom stereocenters. The number of hydrogen-bond donors (Lipinski definition) is 3. The van der Waals surface area contributed by atoms with Crippen LogP contribution in [0.2, 0.25) is 0 Å². The topological polar surface area (TPSA) is 130 Å². The Morgan fingerprint density at radius 3 is 2.56 bits per heavy atom. The molecule has 1 aromatic heterocycles. The molecule has 0 aliphatic carbocycles. The molecule has 3 aromatic rings. The number of nitrogens with one attached hydrogen (secondary N) is 2. The number of benzene rings is 2. The molecule has 0 aliphatic heterocycles. The molecule has 0 saturated heterocycles. The first-order valence-electron chi connectivity index (χ1n) is 7.74. The van der Waals surface area contributed by atoms with Crippen LogP contribution in [0.4, 0.5) is 5.69 Å². The molecule has 0 spiro atoms. The summed E-state index contributed by atoms with van der Waals surface area (Å²) in [6.45, 7) is 1.56. The summed E-state index contributed by atoms with van der Waals surface area (Å²) >= 11 is 5.01. The van der Waals surface area contributed by atoms with Gasteiger partial charge in [-0.05, 0) is 55.0 Å². The van der Waals surface area contributed by atoms with Crippen molar-refractivity contribution < 1.29 is 18.3 Å². The molecule has 0 amide bonds. The Kier molecular flexibility index (Phi) is 5.06. The van der Waals surface area contributed by atoms with E-state index in [0.717, 1.165) is 0 Å². The molecule has 140 valence electrons. The zero-order valence-electron chi connectivity index (χ0n) is 14.0. The molecule has 9 nitrogen and oxygen atoms in total. The summed E-state index contributed by atoms with van der Waals surface area (Å²) < 4.78 is 29.3. The lowest BCUT2D eigenvalue weighted by molar-refractivity contribution is -0.138. The van der Waals surface area contributed by atoms with Crippen molar-refractivity contribution in [2.45, 2.75) is 17.7 Å². The summed E-state index contributed by atoms with van der Waals surface area (Å²) in [4.78, 5) is 11.0. The highest BCUT2D eigenvalue weighted by atomic mass is 32.2. The minimum absolute atomic E-state index is 0.0273. The van der Waals surface area contributed by atoms with Gasteiger partial charge in [0.2, 0.25) is 4.77 Å². The summed E-state index contributed by atoms with van der Waals surface area (Å²) in [6.07, 6.45) is 0. The molecule has 0 fully saturated rings. The van der Waals surface area contributed by atoms with Crippen LogP contribution in [0.15, 0.2) is 53.4 Å². The number of aromatic nitrogens is 4. The molecule has 11 heteroatoms. The van der Waals surface area contributed by atoms with E-state index in [-0.39, 0.29) is 9.67 Å². The molecule has 3 rings (SSSR count). The zero-order chi connectivity index (χ0) is 19.6. The maximum absolute atomic E-state index is 12.7. The lowest BCUT2D eigenvalue weighted by Gasteiger charge is -2.11. The number of carbonyl (C=O) groups is 1. The van der Waals surface area contributed by atoms with E-state index in [4.69, 9.17) is 17.3 Å². The van der Waals surface area contributed by atoms with Crippen LogP contribution in [0.1, 0.15) is 18.4 Å². The molecule has 0 aliphatic rings. The maximum Gasteiger partial charge on any atom is 0.310 e. The van der Waals surface area contributed by atoms with E-state index in [1.54, 1.807) is 31.2 Å². The van der Waals surface area contributed by atoms with Gasteiger partial charge in [-0.25, -0.2) is 13.1 Å². The van der Waals surface area contributed by atoms with Crippen LogP contribution in [0.25, 0.3) is 5.69 Å². The lowest BCUT2D eigenvalue weighted by Crippen LogP contribution is -2.14. The minimum atomic E-state index is -3.86. The van der Waals surface area contributed by atoms with Gasteiger partial charge in [0.05, 0.1) is 16.5 Å². The molecule has 27 heavy (non-hydrogen) atoms. The fourth-order valence-corrected chi connectivity index (χ4v) is 3.64. The SMILES string of the molecule is CC(C(=O)O)c1ccc(NS(=O)(=O)c2cccc(-n3[nH]nnc3=S)c2)cc1. The Hall–Kier alpha value is -3.05. The Labute approximate surface area is 159 Å². The van der Waals surface area contributed by atoms with Crippen LogP contribution in [0.3, 0.4) is 0 Å². The fraction of sp³-hybridized carbons (Fsp3) is 0.125. The van der Waals surface area contributed by atoms with Gasteiger partial charge in [-0.2, -0.15) is 5.21 Å². The van der Waals surface area contributed by atoms with E-state index in [2.05, 4.69) is 20.2 Å². The second kappa shape index (κ2) is 7.29. The smallest absolute Gasteiger partial charge is 0.310 e. The molecule has 0 radical (unpaired) electrons. The molecule has 0 bridgehead atoms. The largest absolute Gasteiger partial charge is 0.481 e. The molecule has 0 saturated carbocycles. The number of aliphatic carboxylic acids is 1. The number of carboxylic acid groups (broad SMARTS) is 1. The van der Waals surface area contributed by atoms with Crippen LogP contribution in [0, 0.1) is 4.77 Å². The van der Waals surface area contributed by atoms with Crippen molar-refractivity contribution in [1.82, 2.24) is 20.2 Å². The molecular formula is C16H15N5O4S2. The second-order valence-corrected chi connectivity index (χ2v) is 7.75. The van der Waals surface area contributed by atoms with Crippen molar-refractivity contribution in [2.24, 2.45) is 0 Å². The maximum atomic E-state index is 12.7. The number of tetrazole rings is 1. The number of aromatic amines is 1. The highest BCUT2D eigenvalue weighted by Crippen LogP contribution is 2.21. The van der Waals surface area contributed by atoms with Gasteiger partial charge in [0.25, 0.3) is 10.0 Å². The van der Waals surface area contributed by atoms with E-state index in [0.29, 0.717) is 16.9 Å². The number of carboxylic acids is 1. The first kappa shape index (κ1) is 18.7. The van der Waals surface area contributed by atoms with E-state index in [1.807, 2.05) is 0 Å². The number of H-pyrrole nitrogens is 1. The number of sulfonamides is 1. The number of nitrogens with zero attached hydrogens (tertiary/aromatic N) is 3. The third-order valence-electron chi connectivity index (χ3n) is 3.89. The number of rotatable bonds is 6. The van der Waals surface area contributed by atoms with Gasteiger partial charge in [-0.15, -0.1) is 0 Å². The highest BCUT2D eigenvalue weighted by Gasteiger charge is 2.17. The summed E-state index contributed by atoms with van der Waals surface area (Å²) in [6, 6.07) is 12.3. The quantitative estimate of drug-likeness (QED) is 0.537. The third-order valence-corrected chi connectivity index (χ3v) is 5.53. The van der Waals surface area contributed by atoms with Gasteiger partial charge in [-0.3, -0.25) is 9.52 Å². The first-order chi connectivity index (χ1) is 12.8. The lowest BCUT2D eigenvalue weighted by atomic mass is 10.0. The summed E-state index contributed by atoms with van der Waals surface area (Å²) in [7, 11) is -3.86. The van der Waals surface area contributed by atoms with Gasteiger partial charge in [0, 0.05) is 5.69 Å². The molecule has 1 atom stereocenters. The van der Waals surface area contributed by atoms with Crippen molar-refractivity contribution in [2.75, 3.05) is 4.72 Å². The molecular weight excluding hydrogens is 390 g/mol. The monoisotopic (exact) mass is 405 g/mol. The Balaban J connectivity index is 1.86. The Bertz CT molecular complexity index is 1140. The van der Waals surface area contributed by atoms with Crippen LogP contribution in [-0.4, -0.2) is 39.7 Å². The average molecular weight is 405 g/mol. The Morgan fingerprint density at radius 1 is 1.26 bits per heavy atom. The van der Waals surface area contributed by atoms with Crippen LogP contribution in [0.5, 0.6) is 0 Å². The van der Waals surface area contributed by atoms with Crippen molar-refractivity contribution in [3.8, 4) is 5.69 Å². The third kappa shape index (κ3) is 4.04. The van der Waals surface area contributed by atoms with Crippen molar-refractivity contribution in [3.05, 3.63) is 58.9 Å². The fourth-order valence-electron chi connectivity index (χ4n) is 2.35. The van der Waals surface area contributed by atoms with Gasteiger partial charge < -0.3 is 5.11 Å². The number of hydrogen-bond acceptors (Lipinski definition) is 6. The summed E-state index contributed by atoms with van der Waals surface area (Å²) in [5, 5.41) is 18.8. The molecule has 3 N–H and O–H groups in total. The van der Waals surface area contributed by atoms with Gasteiger partial charge in [0.1, 0.15) is 0 Å². The van der Waals surface area contributed by atoms with Crippen molar-refractivity contribution in [1.29, 1.82) is 0 Å². The first-order valence-corrected chi connectivity index (χ1v) is 9.63. The van der Waals surface area contributed by atoms with Crippen molar-refractivity contribution >= 4 is 33.9 Å². The van der Waals surface area contributed by atoms with Crippen molar-refractivity contribution in [3.63, 3.8) is 0 Å². The number of anilines is 1. The zero-order valence-corrected chi connectivity index (χ0v) is 15.7. The summed E-state index contributed by atoms with van der Waals surface area (Å²) in [5.41, 5.74) is 1.37. The highest BCUT2D eigenvalue weighted by molar-refractivity contribution is 7.92. The Morgan fingerprint density at radius 2 is 1.96 bits per heavy atom. The van der Waals surface area contributed by atoms with E-state index < -0.39 is 21.9 Å². The average Bonchev–Trinajstić information content (AvgIpc) is 3.07. The minimum Gasteiger partial charge on any atom is -0.481 e. The second-order valence-electron chi connectivity index (χ2n) is 5.70. The van der Waals surface area contributed by atoms with Gasteiger partial charge in [0.15, 0.2) is 0 Å². The predicted octanol–water partition coefficient (Wildman–Crippen LogP) is 2.31. The summed E-state index contributed by atoms with van der Waals surface area (Å²) in [5.74, 6) is -1.63. The van der Waals surface area contributed by atoms with E-state index >= 15 is 0 Å². The molecule has 2 aromatic carbocycles. The van der Waals surface area contributed by atoms with Gasteiger partial charge in [-0.1, -0.05) is 28.5 Å². The van der Waals surface area contributed by atoms with E-state index in [9.17, 15) is 13.2 Å². The van der Waals surface area contributed by atoms with Crippen LogP contribution >= 0.6 is 12.2 Å². The van der Waals surface area contributed by atoms with E-state index in [1.165, 1.54) is 28.9 Å².